The Morgan fingerprint density at radius 3 is 2.33 bits per heavy atom. The summed E-state index contributed by atoms with van der Waals surface area (Å²) >= 11 is 0. The number of hydrogen-bond donors (Lipinski definition) is 1. The largest absolute Gasteiger partial charge is 0.444 e. The Morgan fingerprint density at radius 2 is 1.81 bits per heavy atom. The maximum absolute atomic E-state index is 12.0. The summed E-state index contributed by atoms with van der Waals surface area (Å²) in [5, 5.41) is 8.73. The molecule has 1 N–H and O–H groups in total. The van der Waals surface area contributed by atoms with E-state index in [2.05, 4.69) is 4.90 Å². The molecule has 0 aromatic rings. The van der Waals surface area contributed by atoms with Crippen LogP contribution in [-0.4, -0.2) is 78.1 Å². The van der Waals surface area contributed by atoms with E-state index in [1.165, 1.54) is 0 Å². The van der Waals surface area contributed by atoms with Gasteiger partial charge >= 0.3 is 6.09 Å². The molecule has 21 heavy (non-hydrogen) atoms. The zero-order valence-electron chi connectivity index (χ0n) is 13.4. The number of ether oxygens (including phenoxy) is 2. The van der Waals surface area contributed by atoms with Crippen LogP contribution >= 0.6 is 0 Å². The Balaban J connectivity index is 1.66. The van der Waals surface area contributed by atoms with Gasteiger partial charge in [0, 0.05) is 32.2 Å². The summed E-state index contributed by atoms with van der Waals surface area (Å²) < 4.78 is 10.9. The monoisotopic (exact) mass is 300 g/mol. The molecular formula is C15H28N2O4. The second-order valence-corrected chi connectivity index (χ2v) is 6.84. The van der Waals surface area contributed by atoms with Crippen molar-refractivity contribution < 1.29 is 19.4 Å². The molecule has 2 rings (SSSR count). The molecule has 2 aliphatic rings. The van der Waals surface area contributed by atoms with Crippen molar-refractivity contribution in [2.75, 3.05) is 39.4 Å². The van der Waals surface area contributed by atoms with Gasteiger partial charge in [-0.15, -0.1) is 0 Å². The molecule has 1 aliphatic heterocycles. The minimum absolute atomic E-state index is 0.0930. The third-order valence-electron chi connectivity index (χ3n) is 4.00. The molecule has 0 spiro atoms. The molecule has 6 nitrogen and oxygen atoms in total. The molecule has 6 heteroatoms. The third kappa shape index (κ3) is 4.83. The number of hydrogen-bond acceptors (Lipinski definition) is 5. The SMILES string of the molecule is CC(C)(C)OC(=O)N1CCN([C@H]2C[C@H](OCCO)C2)CC1. The van der Waals surface area contributed by atoms with Crippen molar-refractivity contribution in [2.24, 2.45) is 0 Å². The fourth-order valence-electron chi connectivity index (χ4n) is 2.79. The van der Waals surface area contributed by atoms with Gasteiger partial charge in [0.1, 0.15) is 5.60 Å². The van der Waals surface area contributed by atoms with Gasteiger partial charge in [-0.2, -0.15) is 0 Å². The standard InChI is InChI=1S/C15H28N2O4/c1-15(2,3)21-14(19)17-6-4-16(5-7-17)12-10-13(11-12)20-9-8-18/h12-13,18H,4-11H2,1-3H3/t12-,13-. The lowest BCUT2D eigenvalue weighted by Gasteiger charge is -2.46. The fraction of sp³-hybridized carbons (Fsp3) is 0.933. The van der Waals surface area contributed by atoms with Crippen LogP contribution in [-0.2, 0) is 9.47 Å². The van der Waals surface area contributed by atoms with Gasteiger partial charge in [-0.1, -0.05) is 0 Å². The van der Waals surface area contributed by atoms with Crippen LogP contribution in [0.25, 0.3) is 0 Å². The topological polar surface area (TPSA) is 62.2 Å². The molecule has 2 fully saturated rings. The van der Waals surface area contributed by atoms with E-state index in [1.54, 1.807) is 4.90 Å². The number of rotatable bonds is 4. The van der Waals surface area contributed by atoms with Gasteiger partial charge in [-0.05, 0) is 33.6 Å². The van der Waals surface area contributed by atoms with Gasteiger partial charge in [-0.25, -0.2) is 4.79 Å². The van der Waals surface area contributed by atoms with Crippen LogP contribution in [0.15, 0.2) is 0 Å². The van der Waals surface area contributed by atoms with Crippen LogP contribution in [0.4, 0.5) is 4.79 Å². The van der Waals surface area contributed by atoms with Crippen LogP contribution in [0, 0.1) is 0 Å². The Hall–Kier alpha value is -0.850. The van der Waals surface area contributed by atoms with E-state index in [4.69, 9.17) is 14.6 Å². The van der Waals surface area contributed by atoms with E-state index in [0.29, 0.717) is 18.8 Å². The molecule has 0 bridgehead atoms. The molecule has 0 aromatic heterocycles. The van der Waals surface area contributed by atoms with Gasteiger partial charge < -0.3 is 19.5 Å². The van der Waals surface area contributed by atoms with Crippen molar-refractivity contribution in [3.05, 3.63) is 0 Å². The lowest BCUT2D eigenvalue weighted by atomic mass is 9.87. The number of piperazine rings is 1. The first-order chi connectivity index (χ1) is 9.89. The van der Waals surface area contributed by atoms with Crippen LogP contribution in [0.2, 0.25) is 0 Å². The summed E-state index contributed by atoms with van der Waals surface area (Å²) in [7, 11) is 0. The highest BCUT2D eigenvalue weighted by molar-refractivity contribution is 5.68. The maximum Gasteiger partial charge on any atom is 0.410 e. The minimum Gasteiger partial charge on any atom is -0.444 e. The van der Waals surface area contributed by atoms with Crippen molar-refractivity contribution in [2.45, 2.75) is 51.4 Å². The van der Waals surface area contributed by atoms with Crippen LogP contribution in [0.1, 0.15) is 33.6 Å². The van der Waals surface area contributed by atoms with Crippen molar-refractivity contribution >= 4 is 6.09 Å². The van der Waals surface area contributed by atoms with Gasteiger partial charge in [0.15, 0.2) is 0 Å². The Bertz CT molecular complexity index is 342. The highest BCUT2D eigenvalue weighted by atomic mass is 16.6. The number of aliphatic hydroxyl groups is 1. The minimum atomic E-state index is -0.431. The Morgan fingerprint density at radius 1 is 1.19 bits per heavy atom. The second-order valence-electron chi connectivity index (χ2n) is 6.84. The molecule has 0 aromatic carbocycles. The molecule has 0 radical (unpaired) electrons. The van der Waals surface area contributed by atoms with Crippen LogP contribution < -0.4 is 0 Å². The first-order valence-electron chi connectivity index (χ1n) is 7.83. The number of carbonyl (C=O) groups is 1. The number of amides is 1. The summed E-state index contributed by atoms with van der Waals surface area (Å²) in [6.07, 6.45) is 2.16. The molecule has 1 aliphatic carbocycles. The van der Waals surface area contributed by atoms with Crippen molar-refractivity contribution in [1.82, 2.24) is 9.80 Å². The van der Waals surface area contributed by atoms with E-state index < -0.39 is 5.60 Å². The molecule has 1 amide bonds. The van der Waals surface area contributed by atoms with Gasteiger partial charge in [0.05, 0.1) is 19.3 Å². The van der Waals surface area contributed by atoms with Crippen molar-refractivity contribution in [3.63, 3.8) is 0 Å². The quantitative estimate of drug-likeness (QED) is 0.842. The zero-order valence-corrected chi connectivity index (χ0v) is 13.4. The zero-order chi connectivity index (χ0) is 15.5. The Kier molecular flexibility index (Phi) is 5.46. The molecule has 1 heterocycles. The molecule has 1 saturated heterocycles. The first kappa shape index (κ1) is 16.5. The summed E-state index contributed by atoms with van der Waals surface area (Å²) in [4.78, 5) is 16.2. The molecule has 0 atom stereocenters. The predicted octanol–water partition coefficient (Wildman–Crippen LogP) is 1.08. The Labute approximate surface area is 127 Å². The maximum atomic E-state index is 12.0. The van der Waals surface area contributed by atoms with E-state index in [1.807, 2.05) is 20.8 Å². The van der Waals surface area contributed by atoms with Crippen LogP contribution in [0.3, 0.4) is 0 Å². The van der Waals surface area contributed by atoms with E-state index in [0.717, 1.165) is 39.0 Å². The lowest BCUT2D eigenvalue weighted by molar-refractivity contribution is -0.0687. The summed E-state index contributed by atoms with van der Waals surface area (Å²) in [6, 6.07) is 0.564. The average molecular weight is 300 g/mol. The summed E-state index contributed by atoms with van der Waals surface area (Å²) in [6.45, 7) is 9.46. The number of carbonyl (C=O) groups excluding carboxylic acids is 1. The highest BCUT2D eigenvalue weighted by Crippen LogP contribution is 2.29. The van der Waals surface area contributed by atoms with E-state index in [9.17, 15) is 4.79 Å². The highest BCUT2D eigenvalue weighted by Gasteiger charge is 2.36. The number of nitrogens with zero attached hydrogens (tertiary/aromatic N) is 2. The molecule has 122 valence electrons. The van der Waals surface area contributed by atoms with Gasteiger partial charge in [0.25, 0.3) is 0 Å². The summed E-state index contributed by atoms with van der Waals surface area (Å²) in [5.74, 6) is 0. The van der Waals surface area contributed by atoms with Crippen LogP contribution in [0.5, 0.6) is 0 Å². The smallest absolute Gasteiger partial charge is 0.410 e. The predicted molar refractivity (Wildman–Crippen MR) is 79.2 cm³/mol. The van der Waals surface area contributed by atoms with E-state index in [-0.39, 0.29) is 12.7 Å². The molecule has 1 saturated carbocycles. The van der Waals surface area contributed by atoms with E-state index >= 15 is 0 Å². The van der Waals surface area contributed by atoms with Gasteiger partial charge in [-0.3, -0.25) is 4.90 Å². The third-order valence-corrected chi connectivity index (χ3v) is 4.00. The second kappa shape index (κ2) is 6.94. The molecule has 0 unspecified atom stereocenters. The fourth-order valence-corrected chi connectivity index (χ4v) is 2.79. The van der Waals surface area contributed by atoms with Crippen molar-refractivity contribution in [1.29, 1.82) is 0 Å². The first-order valence-corrected chi connectivity index (χ1v) is 7.83. The normalized spacial score (nSPS) is 27.3. The van der Waals surface area contributed by atoms with Gasteiger partial charge in [0.2, 0.25) is 0 Å². The average Bonchev–Trinajstić information content (AvgIpc) is 2.35. The van der Waals surface area contributed by atoms with Crippen molar-refractivity contribution in [3.8, 4) is 0 Å². The summed E-state index contributed by atoms with van der Waals surface area (Å²) in [5.41, 5.74) is -0.431. The molecular weight excluding hydrogens is 272 g/mol. The number of aliphatic hydroxyl groups excluding tert-OH is 1. The lowest BCUT2D eigenvalue weighted by Crippen LogP contribution is -2.57.